The number of carbonyl (C=O) groups excluding carboxylic acids is 1. The Labute approximate surface area is 349 Å². The predicted molar refractivity (Wildman–Crippen MR) is 235 cm³/mol. The summed E-state index contributed by atoms with van der Waals surface area (Å²) >= 11 is 0. The molecule has 0 spiro atoms. The lowest BCUT2D eigenvalue weighted by molar-refractivity contribution is -0.302. The molecule has 0 saturated carbocycles. The fraction of sp³-hybridized carbons (Fsp3) is 0.896. The Bertz CT molecular complexity index is 945. The number of unbranched alkanes of at least 4 members (excludes halogenated alkanes) is 26. The van der Waals surface area contributed by atoms with Crippen molar-refractivity contribution >= 4 is 5.91 Å². The highest BCUT2D eigenvalue weighted by atomic mass is 16.7. The highest BCUT2D eigenvalue weighted by Gasteiger charge is 2.44. The third-order valence-electron chi connectivity index (χ3n) is 11.6. The minimum Gasteiger partial charge on any atom is -0.394 e. The number of hydrogen-bond donors (Lipinski definition) is 6. The van der Waals surface area contributed by atoms with Gasteiger partial charge in [-0.25, -0.2) is 0 Å². The van der Waals surface area contributed by atoms with E-state index in [2.05, 4.69) is 43.5 Å². The number of carbonyl (C=O) groups is 1. The Balaban J connectivity index is 2.30. The van der Waals surface area contributed by atoms with Crippen LogP contribution in [0.2, 0.25) is 0 Å². The van der Waals surface area contributed by atoms with Crippen LogP contribution in [-0.4, -0.2) is 87.5 Å². The van der Waals surface area contributed by atoms with Crippen LogP contribution in [0.1, 0.15) is 219 Å². The Kier molecular flexibility index (Phi) is 36.6. The lowest BCUT2D eigenvalue weighted by Crippen LogP contribution is -2.60. The molecule has 7 unspecified atom stereocenters. The van der Waals surface area contributed by atoms with E-state index in [1.54, 1.807) is 0 Å². The lowest BCUT2D eigenvalue weighted by Gasteiger charge is -2.40. The minimum absolute atomic E-state index is 0.142. The van der Waals surface area contributed by atoms with Gasteiger partial charge in [0, 0.05) is 6.42 Å². The first-order valence-corrected chi connectivity index (χ1v) is 24.0. The van der Waals surface area contributed by atoms with Gasteiger partial charge in [0.05, 0.1) is 25.4 Å². The van der Waals surface area contributed by atoms with Crippen LogP contribution in [0.5, 0.6) is 0 Å². The van der Waals surface area contributed by atoms with Crippen molar-refractivity contribution < 1.29 is 39.8 Å². The molecule has 7 atom stereocenters. The van der Waals surface area contributed by atoms with Crippen LogP contribution in [0.4, 0.5) is 0 Å². The lowest BCUT2D eigenvalue weighted by atomic mass is 9.99. The summed E-state index contributed by atoms with van der Waals surface area (Å²) in [4.78, 5) is 13.0. The van der Waals surface area contributed by atoms with Crippen LogP contribution in [0.3, 0.4) is 0 Å². The summed E-state index contributed by atoms with van der Waals surface area (Å²) < 4.78 is 11.3. The van der Waals surface area contributed by atoms with E-state index >= 15 is 0 Å². The molecule has 1 saturated heterocycles. The first-order valence-electron chi connectivity index (χ1n) is 24.0. The molecule has 1 rings (SSSR count). The summed E-state index contributed by atoms with van der Waals surface area (Å²) in [5.41, 5.74) is 0. The quantitative estimate of drug-likeness (QED) is 0.0265. The fourth-order valence-corrected chi connectivity index (χ4v) is 7.65. The zero-order valence-corrected chi connectivity index (χ0v) is 36.9. The van der Waals surface area contributed by atoms with Crippen molar-refractivity contribution in [3.05, 3.63) is 24.3 Å². The van der Waals surface area contributed by atoms with Crippen molar-refractivity contribution in [3.8, 4) is 0 Å². The molecule has 1 amide bonds. The number of hydrogen-bond acceptors (Lipinski definition) is 8. The third-order valence-corrected chi connectivity index (χ3v) is 11.6. The van der Waals surface area contributed by atoms with Crippen molar-refractivity contribution in [2.75, 3.05) is 13.2 Å². The van der Waals surface area contributed by atoms with Gasteiger partial charge in [-0.3, -0.25) is 4.79 Å². The van der Waals surface area contributed by atoms with Gasteiger partial charge in [-0.1, -0.05) is 199 Å². The van der Waals surface area contributed by atoms with Crippen LogP contribution in [0.15, 0.2) is 24.3 Å². The Morgan fingerprint density at radius 2 is 1.05 bits per heavy atom. The number of rotatable bonds is 40. The van der Waals surface area contributed by atoms with Crippen molar-refractivity contribution in [3.63, 3.8) is 0 Å². The molecule has 1 aliphatic heterocycles. The molecule has 0 bridgehead atoms. The van der Waals surface area contributed by atoms with E-state index in [4.69, 9.17) is 9.47 Å². The van der Waals surface area contributed by atoms with E-state index < -0.39 is 49.5 Å². The second-order valence-corrected chi connectivity index (χ2v) is 16.9. The maximum atomic E-state index is 13.0. The molecule has 1 fully saturated rings. The van der Waals surface area contributed by atoms with Gasteiger partial charge in [0.1, 0.15) is 24.4 Å². The summed E-state index contributed by atoms with van der Waals surface area (Å²) in [5.74, 6) is -0.158. The Morgan fingerprint density at radius 1 is 0.596 bits per heavy atom. The SMILES string of the molecule is CCCC/C=C\C/C=C\CCCCCCCC(=O)NC(COC1OC(CO)C(O)C(O)C1O)C(O)CCCCCCCCCCCCCCCCCCCCCC. The molecule has 1 aliphatic rings. The molecule has 9 nitrogen and oxygen atoms in total. The average molecular weight is 810 g/mol. The van der Waals surface area contributed by atoms with Crippen molar-refractivity contribution in [2.45, 2.75) is 262 Å². The maximum absolute atomic E-state index is 13.0. The van der Waals surface area contributed by atoms with Crippen LogP contribution in [0.25, 0.3) is 0 Å². The van der Waals surface area contributed by atoms with Gasteiger partial charge in [-0.05, 0) is 38.5 Å². The minimum atomic E-state index is -1.55. The molecule has 0 aromatic heterocycles. The molecule has 0 aromatic rings. The van der Waals surface area contributed by atoms with Gasteiger partial charge in [-0.15, -0.1) is 0 Å². The van der Waals surface area contributed by atoms with Crippen molar-refractivity contribution in [2.24, 2.45) is 0 Å². The standard InChI is InChI=1S/C48H91NO8/c1-3-5-7-9-11-13-15-17-19-20-21-22-23-24-25-27-29-31-33-35-37-42(51)41(40-56-48-47(55)46(54)45(53)43(39-50)57-48)49-44(52)38-36-34-32-30-28-26-18-16-14-12-10-8-6-4-2/h10,12,16,18,41-43,45-48,50-51,53-55H,3-9,11,13-15,17,19-40H2,1-2H3,(H,49,52)/b12-10-,18-16-. The predicted octanol–water partition coefficient (Wildman–Crippen LogP) is 10.3. The van der Waals surface area contributed by atoms with E-state index in [1.807, 2.05) is 0 Å². The van der Waals surface area contributed by atoms with E-state index in [-0.39, 0.29) is 12.5 Å². The monoisotopic (exact) mass is 810 g/mol. The van der Waals surface area contributed by atoms with Crippen LogP contribution >= 0.6 is 0 Å². The molecule has 1 heterocycles. The zero-order valence-electron chi connectivity index (χ0n) is 36.9. The van der Waals surface area contributed by atoms with E-state index in [0.29, 0.717) is 12.8 Å². The molecular weight excluding hydrogens is 719 g/mol. The first kappa shape index (κ1) is 53.7. The van der Waals surface area contributed by atoms with Crippen LogP contribution in [-0.2, 0) is 14.3 Å². The Morgan fingerprint density at radius 3 is 1.56 bits per heavy atom. The number of amides is 1. The van der Waals surface area contributed by atoms with Gasteiger partial charge < -0.3 is 40.3 Å². The van der Waals surface area contributed by atoms with Crippen LogP contribution in [0, 0.1) is 0 Å². The number of nitrogens with one attached hydrogen (secondary N) is 1. The van der Waals surface area contributed by atoms with Gasteiger partial charge in [0.15, 0.2) is 6.29 Å². The zero-order chi connectivity index (χ0) is 41.6. The number of aliphatic hydroxyl groups excluding tert-OH is 5. The van der Waals surface area contributed by atoms with Crippen molar-refractivity contribution in [1.82, 2.24) is 5.32 Å². The average Bonchev–Trinajstić information content (AvgIpc) is 3.21. The third kappa shape index (κ3) is 29.5. The molecule has 57 heavy (non-hydrogen) atoms. The number of aliphatic hydroxyl groups is 5. The number of allylic oxidation sites excluding steroid dienone is 4. The first-order chi connectivity index (χ1) is 27.8. The highest BCUT2D eigenvalue weighted by molar-refractivity contribution is 5.76. The van der Waals surface area contributed by atoms with Crippen molar-refractivity contribution in [1.29, 1.82) is 0 Å². The molecule has 6 N–H and O–H groups in total. The molecular formula is C48H91NO8. The number of ether oxygens (including phenoxy) is 2. The largest absolute Gasteiger partial charge is 0.394 e. The summed E-state index contributed by atoms with van der Waals surface area (Å²) in [6.07, 6.45) is 39.0. The smallest absolute Gasteiger partial charge is 0.220 e. The van der Waals surface area contributed by atoms with E-state index in [9.17, 15) is 30.3 Å². The maximum Gasteiger partial charge on any atom is 0.220 e. The van der Waals surface area contributed by atoms with Gasteiger partial charge in [0.2, 0.25) is 5.91 Å². The van der Waals surface area contributed by atoms with Gasteiger partial charge >= 0.3 is 0 Å². The van der Waals surface area contributed by atoms with E-state index in [1.165, 1.54) is 128 Å². The second kappa shape index (κ2) is 38.8. The molecule has 9 heteroatoms. The van der Waals surface area contributed by atoms with Crippen LogP contribution < -0.4 is 5.32 Å². The summed E-state index contributed by atoms with van der Waals surface area (Å²) in [5, 5.41) is 54.4. The molecule has 0 radical (unpaired) electrons. The summed E-state index contributed by atoms with van der Waals surface area (Å²) in [6.45, 7) is 3.79. The van der Waals surface area contributed by atoms with E-state index in [0.717, 1.165) is 64.2 Å². The normalized spacial score (nSPS) is 21.1. The Hall–Kier alpha value is -1.33. The topological polar surface area (TPSA) is 149 Å². The second-order valence-electron chi connectivity index (χ2n) is 16.9. The summed E-state index contributed by atoms with van der Waals surface area (Å²) in [7, 11) is 0. The van der Waals surface area contributed by atoms with Gasteiger partial charge in [0.25, 0.3) is 0 Å². The summed E-state index contributed by atoms with van der Waals surface area (Å²) in [6, 6.07) is -0.724. The highest BCUT2D eigenvalue weighted by Crippen LogP contribution is 2.23. The fourth-order valence-electron chi connectivity index (χ4n) is 7.65. The van der Waals surface area contributed by atoms with Gasteiger partial charge in [-0.2, -0.15) is 0 Å². The molecule has 336 valence electrons. The molecule has 0 aliphatic carbocycles. The molecule has 0 aromatic carbocycles.